The highest BCUT2D eigenvalue weighted by molar-refractivity contribution is 7.89. The van der Waals surface area contributed by atoms with Crippen LogP contribution in [0.1, 0.15) is 21.7 Å². The van der Waals surface area contributed by atoms with Crippen LogP contribution >= 0.6 is 11.3 Å². The molecule has 2 heterocycles. The van der Waals surface area contributed by atoms with Crippen LogP contribution in [0, 0.1) is 13.8 Å². The number of methoxy groups -OCH3 is 1. The molecule has 2 N–H and O–H groups in total. The van der Waals surface area contributed by atoms with Gasteiger partial charge >= 0.3 is 6.03 Å². The average molecular weight is 473 g/mol. The van der Waals surface area contributed by atoms with Crippen LogP contribution in [0.4, 0.5) is 15.6 Å². The Bertz CT molecular complexity index is 1230. The summed E-state index contributed by atoms with van der Waals surface area (Å²) < 4.78 is 32.6. The molecule has 3 aromatic rings. The summed E-state index contributed by atoms with van der Waals surface area (Å²) in [7, 11) is -2.10. The van der Waals surface area contributed by atoms with Crippen LogP contribution in [0.15, 0.2) is 47.4 Å². The quantitative estimate of drug-likeness (QED) is 0.581. The fraction of sp³-hybridized carbons (Fsp3) is 0.273. The number of amides is 2. The molecular weight excluding hydrogens is 448 g/mol. The average Bonchev–Trinajstić information content (AvgIpc) is 3.14. The van der Waals surface area contributed by atoms with Crippen LogP contribution in [-0.4, -0.2) is 37.4 Å². The van der Waals surface area contributed by atoms with Crippen molar-refractivity contribution in [2.24, 2.45) is 0 Å². The molecule has 32 heavy (non-hydrogen) atoms. The highest BCUT2D eigenvalue weighted by atomic mass is 32.2. The number of nitrogens with zero attached hydrogens (tertiary/aromatic N) is 2. The maximum absolute atomic E-state index is 13.0. The van der Waals surface area contributed by atoms with Crippen molar-refractivity contribution in [1.82, 2.24) is 9.29 Å². The summed E-state index contributed by atoms with van der Waals surface area (Å²) in [5.41, 5.74) is 3.64. The normalized spacial score (nSPS) is 14.0. The molecular formula is C22H24N4O4S2. The van der Waals surface area contributed by atoms with Crippen LogP contribution in [0.3, 0.4) is 0 Å². The number of hydrogen-bond acceptors (Lipinski definition) is 6. The lowest BCUT2D eigenvalue weighted by atomic mass is 10.1. The molecule has 0 saturated heterocycles. The van der Waals surface area contributed by atoms with E-state index in [4.69, 9.17) is 4.74 Å². The second-order valence-corrected chi connectivity index (χ2v) is 10.6. The number of aryl methyl sites for hydroxylation is 2. The van der Waals surface area contributed by atoms with Crippen molar-refractivity contribution < 1.29 is 17.9 Å². The van der Waals surface area contributed by atoms with Gasteiger partial charge in [-0.05, 0) is 61.4 Å². The maximum Gasteiger partial charge on any atom is 0.325 e. The maximum atomic E-state index is 13.0. The molecule has 1 aromatic heterocycles. The zero-order valence-corrected chi connectivity index (χ0v) is 19.6. The molecule has 168 valence electrons. The number of nitrogens with one attached hydrogen (secondary N) is 2. The molecule has 0 spiro atoms. The number of thiazole rings is 1. The van der Waals surface area contributed by atoms with Gasteiger partial charge in [-0.15, -0.1) is 0 Å². The predicted octanol–water partition coefficient (Wildman–Crippen LogP) is 4.16. The number of hydrogen-bond donors (Lipinski definition) is 2. The lowest BCUT2D eigenvalue weighted by Gasteiger charge is -2.25. The number of aromatic nitrogens is 1. The SMILES string of the molecule is COc1ccc(S(=O)(=O)N2CCc3nc(NC(=O)Nc4cc(C)cc(C)c4)sc3C2)cc1. The third kappa shape index (κ3) is 4.77. The molecule has 0 fully saturated rings. The van der Waals surface area contributed by atoms with E-state index in [2.05, 4.69) is 15.6 Å². The van der Waals surface area contributed by atoms with E-state index >= 15 is 0 Å². The predicted molar refractivity (Wildman–Crippen MR) is 125 cm³/mol. The Morgan fingerprint density at radius 2 is 1.78 bits per heavy atom. The van der Waals surface area contributed by atoms with Gasteiger partial charge in [0.05, 0.1) is 24.2 Å². The van der Waals surface area contributed by atoms with Gasteiger partial charge in [0, 0.05) is 23.5 Å². The van der Waals surface area contributed by atoms with Crippen molar-refractivity contribution in [2.75, 3.05) is 24.3 Å². The van der Waals surface area contributed by atoms with Gasteiger partial charge in [0.15, 0.2) is 5.13 Å². The largest absolute Gasteiger partial charge is 0.497 e. The number of sulfonamides is 1. The number of ether oxygens (including phenoxy) is 1. The molecule has 0 aliphatic carbocycles. The van der Waals surface area contributed by atoms with Crippen LogP contribution in [-0.2, 0) is 23.0 Å². The first kappa shape index (κ1) is 22.3. The van der Waals surface area contributed by atoms with Gasteiger partial charge < -0.3 is 10.1 Å². The number of benzene rings is 2. The van der Waals surface area contributed by atoms with Crippen LogP contribution < -0.4 is 15.4 Å². The Labute approximate surface area is 191 Å². The van der Waals surface area contributed by atoms with Gasteiger partial charge in [-0.3, -0.25) is 5.32 Å². The summed E-state index contributed by atoms with van der Waals surface area (Å²) >= 11 is 1.29. The zero-order valence-electron chi connectivity index (χ0n) is 18.0. The van der Waals surface area contributed by atoms with Crippen molar-refractivity contribution in [3.8, 4) is 5.75 Å². The van der Waals surface area contributed by atoms with Gasteiger partial charge in [0.2, 0.25) is 10.0 Å². The number of carbonyl (C=O) groups excluding carboxylic acids is 1. The first-order chi connectivity index (χ1) is 15.2. The third-order valence-electron chi connectivity index (χ3n) is 5.09. The van der Waals surface area contributed by atoms with Crippen molar-refractivity contribution in [2.45, 2.75) is 31.7 Å². The Balaban J connectivity index is 1.45. The Morgan fingerprint density at radius 3 is 2.44 bits per heavy atom. The molecule has 0 atom stereocenters. The topological polar surface area (TPSA) is 101 Å². The van der Waals surface area contributed by atoms with Crippen LogP contribution in [0.5, 0.6) is 5.75 Å². The summed E-state index contributed by atoms with van der Waals surface area (Å²) in [6, 6.07) is 11.8. The van der Waals surface area contributed by atoms with E-state index in [9.17, 15) is 13.2 Å². The second kappa shape index (κ2) is 8.89. The standard InChI is InChI=1S/C22H24N4O4S2/c1-14-10-15(2)12-16(11-14)23-21(27)25-22-24-19-8-9-26(13-20(19)31-22)32(28,29)18-6-4-17(30-3)5-7-18/h4-7,10-12H,8-9,13H2,1-3H3,(H2,23,24,25,27). The fourth-order valence-corrected chi connectivity index (χ4v) is 6.14. The van der Waals surface area contributed by atoms with Gasteiger partial charge in [-0.1, -0.05) is 17.4 Å². The molecule has 0 saturated carbocycles. The number of rotatable bonds is 5. The van der Waals surface area contributed by atoms with E-state index in [0.29, 0.717) is 29.5 Å². The summed E-state index contributed by atoms with van der Waals surface area (Å²) in [5.74, 6) is 0.599. The summed E-state index contributed by atoms with van der Waals surface area (Å²) in [6.45, 7) is 4.49. The molecule has 1 aliphatic rings. The van der Waals surface area contributed by atoms with Gasteiger partial charge in [-0.25, -0.2) is 18.2 Å². The van der Waals surface area contributed by atoms with Crippen molar-refractivity contribution in [3.05, 3.63) is 64.2 Å². The zero-order chi connectivity index (χ0) is 22.9. The molecule has 1 aliphatic heterocycles. The molecule has 8 nitrogen and oxygen atoms in total. The molecule has 0 radical (unpaired) electrons. The van der Waals surface area contributed by atoms with Crippen LogP contribution in [0.25, 0.3) is 0 Å². The lowest BCUT2D eigenvalue weighted by Crippen LogP contribution is -2.35. The highest BCUT2D eigenvalue weighted by Gasteiger charge is 2.30. The second-order valence-electron chi connectivity index (χ2n) is 7.61. The number of carbonyl (C=O) groups is 1. The van der Waals surface area contributed by atoms with E-state index < -0.39 is 10.0 Å². The van der Waals surface area contributed by atoms with E-state index in [1.165, 1.54) is 22.8 Å². The van der Waals surface area contributed by atoms with E-state index in [-0.39, 0.29) is 17.5 Å². The van der Waals surface area contributed by atoms with E-state index in [1.807, 2.05) is 32.0 Å². The number of fused-ring (bicyclic) bond motifs is 1. The molecule has 2 amide bonds. The molecule has 10 heteroatoms. The van der Waals surface area contributed by atoms with Crippen molar-refractivity contribution in [1.29, 1.82) is 0 Å². The molecule has 0 unspecified atom stereocenters. The number of anilines is 2. The van der Waals surface area contributed by atoms with E-state index in [1.54, 1.807) is 24.3 Å². The smallest absolute Gasteiger partial charge is 0.325 e. The summed E-state index contributed by atoms with van der Waals surface area (Å²) in [6.07, 6.45) is 0.488. The molecule has 0 bridgehead atoms. The number of urea groups is 1. The van der Waals surface area contributed by atoms with Gasteiger partial charge in [0.1, 0.15) is 5.75 Å². The monoisotopic (exact) mass is 472 g/mol. The molecule has 2 aromatic carbocycles. The van der Waals surface area contributed by atoms with Crippen molar-refractivity contribution >= 4 is 38.2 Å². The fourth-order valence-electron chi connectivity index (χ4n) is 3.63. The Hall–Kier alpha value is -2.95. The first-order valence-corrected chi connectivity index (χ1v) is 12.3. The minimum Gasteiger partial charge on any atom is -0.497 e. The van der Waals surface area contributed by atoms with Crippen LogP contribution in [0.2, 0.25) is 0 Å². The van der Waals surface area contributed by atoms with E-state index in [0.717, 1.165) is 21.7 Å². The van der Waals surface area contributed by atoms with Crippen molar-refractivity contribution in [3.63, 3.8) is 0 Å². The van der Waals surface area contributed by atoms with Gasteiger partial charge in [0.25, 0.3) is 0 Å². The molecule has 4 rings (SSSR count). The summed E-state index contributed by atoms with van der Waals surface area (Å²) in [5, 5.41) is 6.02. The first-order valence-electron chi connectivity index (χ1n) is 10.0. The Morgan fingerprint density at radius 1 is 1.09 bits per heavy atom. The minimum absolute atomic E-state index is 0.220. The highest BCUT2D eigenvalue weighted by Crippen LogP contribution is 2.31. The minimum atomic E-state index is -3.64. The third-order valence-corrected chi connectivity index (χ3v) is 7.95. The lowest BCUT2D eigenvalue weighted by molar-refractivity contribution is 0.262. The van der Waals surface area contributed by atoms with Gasteiger partial charge in [-0.2, -0.15) is 4.31 Å². The summed E-state index contributed by atoms with van der Waals surface area (Å²) in [4.78, 5) is 17.9. The Kier molecular flexibility index (Phi) is 6.18.